The number of rotatable bonds is 7. The number of benzene rings is 2. The third kappa shape index (κ3) is 4.68. The van der Waals surface area contributed by atoms with Gasteiger partial charge in [0.15, 0.2) is 0 Å². The number of nitrogens with zero attached hydrogens (tertiary/aromatic N) is 2. The lowest BCUT2D eigenvalue weighted by atomic mass is 9.95. The second-order valence-corrected chi connectivity index (χ2v) is 9.20. The van der Waals surface area contributed by atoms with E-state index in [0.29, 0.717) is 18.3 Å². The lowest BCUT2D eigenvalue weighted by Crippen LogP contribution is -2.30. The highest BCUT2D eigenvalue weighted by Gasteiger charge is 2.30. The minimum Gasteiger partial charge on any atom is -0.492 e. The van der Waals surface area contributed by atoms with Gasteiger partial charge in [-0.3, -0.25) is 4.90 Å². The molecule has 0 saturated carbocycles. The molecule has 1 aliphatic rings. The van der Waals surface area contributed by atoms with Crippen molar-refractivity contribution in [2.45, 2.75) is 16.9 Å². The van der Waals surface area contributed by atoms with Crippen molar-refractivity contribution in [1.82, 2.24) is 9.21 Å². The fraction of sp³-hybridized carbons (Fsp3) is 0.400. The highest BCUT2D eigenvalue weighted by atomic mass is 32.2. The van der Waals surface area contributed by atoms with E-state index in [1.54, 1.807) is 24.3 Å². The summed E-state index contributed by atoms with van der Waals surface area (Å²) in [7, 11) is -0.376. The van der Waals surface area contributed by atoms with Crippen LogP contribution in [0.2, 0.25) is 0 Å². The Labute approximate surface area is 161 Å². The molecule has 0 radical (unpaired) electrons. The van der Waals surface area contributed by atoms with Crippen molar-refractivity contribution in [2.75, 3.05) is 40.3 Å². The molecule has 0 amide bonds. The van der Waals surface area contributed by atoms with Gasteiger partial charge in [0.25, 0.3) is 0 Å². The quantitative estimate of drug-likeness (QED) is 0.781. The summed E-state index contributed by atoms with van der Waals surface area (Å²) >= 11 is 0. The Morgan fingerprint density at radius 3 is 2.37 bits per heavy atom. The van der Waals surface area contributed by atoms with Gasteiger partial charge >= 0.3 is 0 Å². The molecule has 3 rings (SSSR count). The van der Waals surface area contributed by atoms with Gasteiger partial charge in [-0.05, 0) is 29.8 Å². The van der Waals surface area contributed by atoms with E-state index < -0.39 is 10.0 Å². The van der Waals surface area contributed by atoms with Crippen LogP contribution in [0.4, 0.5) is 0 Å². The van der Waals surface area contributed by atoms with Gasteiger partial charge in [-0.2, -0.15) is 0 Å². The van der Waals surface area contributed by atoms with Crippen molar-refractivity contribution in [3.8, 4) is 5.75 Å². The van der Waals surface area contributed by atoms with Gasteiger partial charge in [-0.25, -0.2) is 12.7 Å². The third-order valence-corrected chi connectivity index (χ3v) is 6.78. The van der Waals surface area contributed by atoms with Crippen LogP contribution in [0.25, 0.3) is 0 Å². The molecule has 1 fully saturated rings. The van der Waals surface area contributed by atoms with Crippen LogP contribution in [0.5, 0.6) is 5.75 Å². The number of likely N-dealkylation sites (tertiary alicyclic amines) is 1. The Balaban J connectivity index is 1.50. The molecule has 0 bridgehead atoms. The largest absolute Gasteiger partial charge is 0.492 e. The Morgan fingerprint density at radius 1 is 1.07 bits per heavy atom. The maximum atomic E-state index is 12.1. The van der Waals surface area contributed by atoms with Gasteiger partial charge in [0.2, 0.25) is 10.0 Å². The van der Waals surface area contributed by atoms with Crippen LogP contribution in [0.3, 0.4) is 0 Å². The molecule has 1 heterocycles. The van der Waals surface area contributed by atoms with Crippen molar-refractivity contribution in [2.24, 2.45) is 5.73 Å². The number of hydrogen-bond acceptors (Lipinski definition) is 5. The molecule has 2 atom stereocenters. The second-order valence-electron chi connectivity index (χ2n) is 7.05. The molecule has 2 aromatic rings. The molecule has 1 saturated heterocycles. The van der Waals surface area contributed by atoms with E-state index in [4.69, 9.17) is 10.5 Å². The van der Waals surface area contributed by atoms with Crippen LogP contribution in [-0.2, 0) is 10.0 Å². The minimum atomic E-state index is -3.41. The zero-order chi connectivity index (χ0) is 19.4. The lowest BCUT2D eigenvalue weighted by Gasteiger charge is -2.17. The maximum Gasteiger partial charge on any atom is 0.242 e. The predicted molar refractivity (Wildman–Crippen MR) is 106 cm³/mol. The fourth-order valence-electron chi connectivity index (χ4n) is 3.36. The van der Waals surface area contributed by atoms with E-state index in [-0.39, 0.29) is 10.9 Å². The monoisotopic (exact) mass is 389 g/mol. The number of sulfonamides is 1. The topological polar surface area (TPSA) is 75.9 Å². The molecule has 0 spiro atoms. The molecule has 27 heavy (non-hydrogen) atoms. The molecule has 0 aliphatic carbocycles. The van der Waals surface area contributed by atoms with Crippen LogP contribution in [0, 0.1) is 0 Å². The molecule has 6 nitrogen and oxygen atoms in total. The van der Waals surface area contributed by atoms with E-state index in [9.17, 15) is 8.42 Å². The minimum absolute atomic E-state index is 0.128. The van der Waals surface area contributed by atoms with Gasteiger partial charge in [-0.1, -0.05) is 30.3 Å². The van der Waals surface area contributed by atoms with E-state index in [2.05, 4.69) is 17.0 Å². The van der Waals surface area contributed by atoms with E-state index in [1.165, 1.54) is 24.0 Å². The lowest BCUT2D eigenvalue weighted by molar-refractivity contribution is 0.235. The van der Waals surface area contributed by atoms with Crippen LogP contribution >= 0.6 is 0 Å². The summed E-state index contributed by atoms with van der Waals surface area (Å²) in [6, 6.07) is 17.0. The zero-order valence-electron chi connectivity index (χ0n) is 15.8. The van der Waals surface area contributed by atoms with Gasteiger partial charge in [0, 0.05) is 45.7 Å². The summed E-state index contributed by atoms with van der Waals surface area (Å²) < 4.78 is 31.1. The van der Waals surface area contributed by atoms with Crippen LogP contribution in [-0.4, -0.2) is 64.0 Å². The van der Waals surface area contributed by atoms with Gasteiger partial charge in [0.1, 0.15) is 12.4 Å². The highest BCUT2D eigenvalue weighted by molar-refractivity contribution is 7.89. The summed E-state index contributed by atoms with van der Waals surface area (Å²) in [5, 5.41) is 0. The average molecular weight is 390 g/mol. The molecule has 146 valence electrons. The first-order chi connectivity index (χ1) is 12.9. The first kappa shape index (κ1) is 19.8. The normalized spacial score (nSPS) is 20.9. The van der Waals surface area contributed by atoms with Crippen molar-refractivity contribution < 1.29 is 13.2 Å². The summed E-state index contributed by atoms with van der Waals surface area (Å²) in [4.78, 5) is 2.57. The number of ether oxygens (including phenoxy) is 1. The summed E-state index contributed by atoms with van der Waals surface area (Å²) in [6.07, 6.45) is 0. The van der Waals surface area contributed by atoms with Gasteiger partial charge < -0.3 is 10.5 Å². The molecule has 7 heteroatoms. The first-order valence-electron chi connectivity index (χ1n) is 9.06. The number of hydrogen-bond donors (Lipinski definition) is 1. The maximum absolute atomic E-state index is 12.1. The fourth-order valence-corrected chi connectivity index (χ4v) is 4.26. The standard InChI is InChI=1S/C20H27N3O3S/c1-22(2)27(24,25)18-10-8-17(9-11-18)26-13-12-23-14-19(20(21)15-23)16-6-4-3-5-7-16/h3-11,19-20H,12-15,21H2,1-2H3/t19-,20+/m0/s1. The van der Waals surface area contributed by atoms with E-state index in [0.717, 1.165) is 19.6 Å². The molecule has 2 N–H and O–H groups in total. The number of nitrogens with two attached hydrogens (primary N) is 1. The Bertz CT molecular complexity index is 839. The Hall–Kier alpha value is -1.93. The van der Waals surface area contributed by atoms with Gasteiger partial charge in [0.05, 0.1) is 4.90 Å². The van der Waals surface area contributed by atoms with E-state index in [1.807, 2.05) is 18.2 Å². The highest BCUT2D eigenvalue weighted by Crippen LogP contribution is 2.26. The third-order valence-electron chi connectivity index (χ3n) is 4.95. The van der Waals surface area contributed by atoms with Crippen molar-refractivity contribution >= 4 is 10.0 Å². The first-order valence-corrected chi connectivity index (χ1v) is 10.5. The summed E-state index contributed by atoms with van der Waals surface area (Å²) in [6.45, 7) is 3.10. The molecule has 1 aliphatic heterocycles. The van der Waals surface area contributed by atoms with Crippen molar-refractivity contribution in [3.05, 3.63) is 60.2 Å². The van der Waals surface area contributed by atoms with Crippen molar-refractivity contribution in [1.29, 1.82) is 0 Å². The molecule has 0 unspecified atom stereocenters. The summed E-state index contributed by atoms with van der Waals surface area (Å²) in [5.41, 5.74) is 7.61. The van der Waals surface area contributed by atoms with Crippen LogP contribution < -0.4 is 10.5 Å². The Morgan fingerprint density at radius 2 is 1.74 bits per heavy atom. The molecule has 2 aromatic carbocycles. The summed E-state index contributed by atoms with van der Waals surface area (Å²) in [5.74, 6) is 1.01. The SMILES string of the molecule is CN(C)S(=O)(=O)c1ccc(OCCN2C[C@@H](N)[C@H](c3ccccc3)C2)cc1. The smallest absolute Gasteiger partial charge is 0.242 e. The Kier molecular flexibility index (Phi) is 6.16. The van der Waals surface area contributed by atoms with Gasteiger partial charge in [-0.15, -0.1) is 0 Å². The van der Waals surface area contributed by atoms with E-state index >= 15 is 0 Å². The predicted octanol–water partition coefficient (Wildman–Crippen LogP) is 1.74. The van der Waals surface area contributed by atoms with Crippen LogP contribution in [0.15, 0.2) is 59.5 Å². The second kappa shape index (κ2) is 8.39. The van der Waals surface area contributed by atoms with Crippen LogP contribution in [0.1, 0.15) is 11.5 Å². The zero-order valence-corrected chi connectivity index (χ0v) is 16.6. The molecular weight excluding hydrogens is 362 g/mol. The molecular formula is C20H27N3O3S. The molecule has 0 aromatic heterocycles. The average Bonchev–Trinajstić information content (AvgIpc) is 3.03. The van der Waals surface area contributed by atoms with Crippen molar-refractivity contribution in [3.63, 3.8) is 0 Å².